The molecule has 0 aliphatic rings. The number of aliphatic hydroxyl groups excluding tert-OH is 1. The molecule has 0 heterocycles. The first-order valence-electron chi connectivity index (χ1n) is 44.5. The number of ether oxygens (including phenoxy) is 4. The van der Waals surface area contributed by atoms with E-state index in [9.17, 15) is 43.2 Å². The third kappa shape index (κ3) is 78.5. The van der Waals surface area contributed by atoms with E-state index < -0.39 is 97.5 Å². The zero-order valence-corrected chi connectivity index (χ0v) is 70.8. The van der Waals surface area contributed by atoms with Crippen LogP contribution in [0.2, 0.25) is 0 Å². The number of phosphoric acid groups is 2. The van der Waals surface area contributed by atoms with Gasteiger partial charge in [0, 0.05) is 25.7 Å². The summed E-state index contributed by atoms with van der Waals surface area (Å²) in [6, 6.07) is 0. The van der Waals surface area contributed by atoms with Crippen LogP contribution in [-0.4, -0.2) is 96.7 Å². The second kappa shape index (κ2) is 77.4. The summed E-state index contributed by atoms with van der Waals surface area (Å²) < 4.78 is 68.9. The van der Waals surface area contributed by atoms with Crippen LogP contribution in [0, 0.1) is 11.8 Å². The highest BCUT2D eigenvalue weighted by Crippen LogP contribution is 2.45. The van der Waals surface area contributed by atoms with Crippen LogP contribution in [-0.2, 0) is 65.4 Å². The molecule has 0 bridgehead atoms. The molecule has 17 nitrogen and oxygen atoms in total. The van der Waals surface area contributed by atoms with Crippen LogP contribution in [0.1, 0.15) is 459 Å². The molecule has 0 aromatic heterocycles. The van der Waals surface area contributed by atoms with Gasteiger partial charge in [-0.3, -0.25) is 37.3 Å². The fraction of sp³-hybridized carbons (Fsp3) is 0.953. The second-order valence-electron chi connectivity index (χ2n) is 31.6. The topological polar surface area (TPSA) is 237 Å². The Bertz CT molecular complexity index is 2010. The van der Waals surface area contributed by atoms with Crippen LogP contribution in [0.4, 0.5) is 0 Å². The van der Waals surface area contributed by atoms with Crippen LogP contribution in [0.3, 0.4) is 0 Å². The van der Waals surface area contributed by atoms with Crippen LogP contribution < -0.4 is 0 Å². The van der Waals surface area contributed by atoms with Crippen LogP contribution in [0.15, 0.2) is 0 Å². The third-order valence-corrected chi connectivity index (χ3v) is 22.5. The summed E-state index contributed by atoms with van der Waals surface area (Å²) in [5.41, 5.74) is 0. The molecule has 0 spiro atoms. The lowest BCUT2D eigenvalue weighted by atomic mass is 9.99. The Hall–Kier alpha value is -1.94. The Morgan fingerprint density at radius 2 is 0.486 bits per heavy atom. The van der Waals surface area contributed by atoms with Crippen molar-refractivity contribution >= 4 is 39.5 Å². The van der Waals surface area contributed by atoms with Crippen LogP contribution in [0.5, 0.6) is 0 Å². The van der Waals surface area contributed by atoms with Crippen LogP contribution in [0.25, 0.3) is 0 Å². The lowest BCUT2D eigenvalue weighted by molar-refractivity contribution is -0.161. The van der Waals surface area contributed by atoms with Crippen molar-refractivity contribution in [3.63, 3.8) is 0 Å². The van der Waals surface area contributed by atoms with Gasteiger partial charge in [0.1, 0.15) is 19.3 Å². The van der Waals surface area contributed by atoms with Crippen molar-refractivity contribution in [1.29, 1.82) is 0 Å². The fourth-order valence-electron chi connectivity index (χ4n) is 13.4. The van der Waals surface area contributed by atoms with E-state index in [-0.39, 0.29) is 25.7 Å². The highest BCUT2D eigenvalue weighted by molar-refractivity contribution is 7.47. The minimum Gasteiger partial charge on any atom is -0.462 e. The predicted molar refractivity (Wildman–Crippen MR) is 432 cm³/mol. The molecule has 0 aliphatic carbocycles. The second-order valence-corrected chi connectivity index (χ2v) is 34.6. The molecule has 0 radical (unpaired) electrons. The standard InChI is InChI=1S/C86H168O17P2/c1-7-10-12-14-16-18-20-22-24-30-34-37-44-50-56-62-68-83(88)96-74-81(102-86(91)71-65-59-53-47-39-35-31-28-26-25-27-29-32-36-43-49-55-61-67-79(6)9-3)76-100-104(92,93)98-72-80(87)73-99-105(94,95)101-77-82(75-97-84(89)69-63-57-51-45-41-40-42-48-54-60-66-78(4)5)103-85(90)70-64-58-52-46-38-33-23-21-19-17-15-13-11-8-2/h78-82,87H,7-77H2,1-6H3,(H,92,93)(H,94,95)/t79?,80-,81-,82-/m1/s1. The van der Waals surface area contributed by atoms with Crippen LogP contribution >= 0.6 is 15.6 Å². The summed E-state index contributed by atoms with van der Waals surface area (Å²) in [6.07, 6.45) is 69.3. The Morgan fingerprint density at radius 3 is 0.724 bits per heavy atom. The molecular formula is C86H168O17P2. The van der Waals surface area contributed by atoms with Crippen molar-refractivity contribution in [2.75, 3.05) is 39.6 Å². The zero-order chi connectivity index (χ0) is 77.1. The van der Waals surface area contributed by atoms with Crippen molar-refractivity contribution in [2.45, 2.75) is 477 Å². The monoisotopic (exact) mass is 1540 g/mol. The Kier molecular flexibility index (Phi) is 76.0. The minimum atomic E-state index is -4.97. The van der Waals surface area contributed by atoms with Crippen molar-refractivity contribution in [3.05, 3.63) is 0 Å². The lowest BCUT2D eigenvalue weighted by Crippen LogP contribution is -2.30. The van der Waals surface area contributed by atoms with E-state index in [0.717, 1.165) is 102 Å². The number of aliphatic hydroxyl groups is 1. The molecule has 0 fully saturated rings. The largest absolute Gasteiger partial charge is 0.472 e. The number of carbonyl (C=O) groups is 4. The predicted octanol–water partition coefficient (Wildman–Crippen LogP) is 26.2. The molecule has 0 saturated carbocycles. The molecule has 6 atom stereocenters. The van der Waals surface area contributed by atoms with Gasteiger partial charge in [-0.15, -0.1) is 0 Å². The molecular weight excluding hydrogens is 1370 g/mol. The number of carbonyl (C=O) groups excluding carboxylic acids is 4. The van der Waals surface area contributed by atoms with E-state index in [1.165, 1.54) is 276 Å². The summed E-state index contributed by atoms with van der Waals surface area (Å²) >= 11 is 0. The smallest absolute Gasteiger partial charge is 0.462 e. The number of hydrogen-bond donors (Lipinski definition) is 3. The Balaban J connectivity index is 5.24. The van der Waals surface area contributed by atoms with Gasteiger partial charge in [-0.2, -0.15) is 0 Å². The van der Waals surface area contributed by atoms with Gasteiger partial charge in [0.25, 0.3) is 0 Å². The summed E-state index contributed by atoms with van der Waals surface area (Å²) in [6.45, 7) is 9.74. The summed E-state index contributed by atoms with van der Waals surface area (Å²) in [5, 5.41) is 10.7. The van der Waals surface area contributed by atoms with Crippen molar-refractivity contribution in [1.82, 2.24) is 0 Å². The minimum absolute atomic E-state index is 0.108. The number of phosphoric ester groups is 2. The number of esters is 4. The average molecular weight is 1540 g/mol. The van der Waals surface area contributed by atoms with E-state index >= 15 is 0 Å². The van der Waals surface area contributed by atoms with Gasteiger partial charge >= 0.3 is 39.5 Å². The highest BCUT2D eigenvalue weighted by atomic mass is 31.2. The maximum absolute atomic E-state index is 13.1. The maximum atomic E-state index is 13.1. The molecule has 0 saturated heterocycles. The van der Waals surface area contributed by atoms with E-state index in [0.29, 0.717) is 25.7 Å². The molecule has 0 aliphatic heterocycles. The zero-order valence-electron chi connectivity index (χ0n) is 69.0. The van der Waals surface area contributed by atoms with E-state index in [2.05, 4.69) is 41.5 Å². The molecule has 0 aromatic carbocycles. The van der Waals surface area contributed by atoms with E-state index in [4.69, 9.17) is 37.0 Å². The van der Waals surface area contributed by atoms with Gasteiger partial charge in [0.05, 0.1) is 26.4 Å². The normalized spacial score (nSPS) is 14.1. The van der Waals surface area contributed by atoms with Gasteiger partial charge in [-0.05, 0) is 37.5 Å². The number of hydrogen-bond acceptors (Lipinski definition) is 15. The van der Waals surface area contributed by atoms with Gasteiger partial charge in [-0.1, -0.05) is 408 Å². The number of unbranched alkanes of at least 4 members (excludes halogenated alkanes) is 54. The Morgan fingerprint density at radius 1 is 0.276 bits per heavy atom. The van der Waals surface area contributed by atoms with Crippen molar-refractivity contribution in [2.24, 2.45) is 11.8 Å². The summed E-state index contributed by atoms with van der Waals surface area (Å²) in [4.78, 5) is 73.2. The first-order valence-corrected chi connectivity index (χ1v) is 47.5. The fourth-order valence-corrected chi connectivity index (χ4v) is 15.0. The van der Waals surface area contributed by atoms with E-state index in [1.54, 1.807) is 0 Å². The van der Waals surface area contributed by atoms with Crippen molar-refractivity contribution in [3.8, 4) is 0 Å². The molecule has 19 heteroatoms. The summed E-state index contributed by atoms with van der Waals surface area (Å²) in [5.74, 6) is -0.470. The first-order chi connectivity index (χ1) is 50.9. The highest BCUT2D eigenvalue weighted by Gasteiger charge is 2.30. The maximum Gasteiger partial charge on any atom is 0.472 e. The lowest BCUT2D eigenvalue weighted by Gasteiger charge is -2.21. The molecule has 624 valence electrons. The first kappa shape index (κ1) is 103. The van der Waals surface area contributed by atoms with Gasteiger partial charge in [0.2, 0.25) is 0 Å². The van der Waals surface area contributed by atoms with Gasteiger partial charge in [-0.25, -0.2) is 9.13 Å². The van der Waals surface area contributed by atoms with Gasteiger partial charge < -0.3 is 33.8 Å². The quantitative estimate of drug-likeness (QED) is 0.0222. The van der Waals surface area contributed by atoms with E-state index in [1.807, 2.05) is 0 Å². The van der Waals surface area contributed by atoms with Gasteiger partial charge in [0.15, 0.2) is 12.2 Å². The Labute approximate surface area is 645 Å². The molecule has 105 heavy (non-hydrogen) atoms. The number of rotatable bonds is 85. The average Bonchev–Trinajstić information content (AvgIpc) is 0.904. The third-order valence-electron chi connectivity index (χ3n) is 20.6. The SMILES string of the molecule is CCCCCCCCCCCCCCCCCCC(=O)OC[C@H](COP(=O)(O)OC[C@@H](O)COP(=O)(O)OC[C@@H](COC(=O)CCCCCCCCCCCCC(C)C)OC(=O)CCCCCCCCCCCCCCCC)OC(=O)CCCCCCCCCCCCCCCCCCCCC(C)CC. The van der Waals surface area contributed by atoms with Crippen molar-refractivity contribution < 1.29 is 80.2 Å². The molecule has 0 aromatic rings. The molecule has 3 N–H and O–H groups in total. The summed E-state index contributed by atoms with van der Waals surface area (Å²) in [7, 11) is -9.93. The molecule has 3 unspecified atom stereocenters. The molecule has 0 rings (SSSR count). The molecule has 0 amide bonds.